The van der Waals surface area contributed by atoms with E-state index in [0.29, 0.717) is 41.5 Å². The number of ether oxygens (including phenoxy) is 1. The van der Waals surface area contributed by atoms with Crippen molar-refractivity contribution in [3.63, 3.8) is 0 Å². The number of methoxy groups -OCH3 is 1. The van der Waals surface area contributed by atoms with E-state index in [2.05, 4.69) is 15.3 Å². The molecular weight excluding hydrogens is 320 g/mol. The van der Waals surface area contributed by atoms with Crippen molar-refractivity contribution in [3.8, 4) is 5.75 Å². The molecule has 2 aromatic rings. The van der Waals surface area contributed by atoms with Crippen LogP contribution in [0.2, 0.25) is 0 Å². The summed E-state index contributed by atoms with van der Waals surface area (Å²) in [4.78, 5) is 35.0. The molecule has 1 aromatic carbocycles. The molecule has 1 unspecified atom stereocenters. The first kappa shape index (κ1) is 16.9. The van der Waals surface area contributed by atoms with Gasteiger partial charge in [-0.2, -0.15) is 0 Å². The summed E-state index contributed by atoms with van der Waals surface area (Å²) < 4.78 is 5.32. The molecule has 2 heterocycles. The van der Waals surface area contributed by atoms with Crippen LogP contribution in [-0.4, -0.2) is 41.5 Å². The number of nitrogens with zero attached hydrogens (tertiary/aromatic N) is 3. The molecule has 130 valence electrons. The van der Waals surface area contributed by atoms with Crippen LogP contribution in [0.5, 0.6) is 5.75 Å². The topological polar surface area (TPSA) is 84.4 Å². The predicted octanol–water partition coefficient (Wildman–Crippen LogP) is 1.64. The van der Waals surface area contributed by atoms with E-state index < -0.39 is 6.04 Å². The van der Waals surface area contributed by atoms with Crippen LogP contribution < -0.4 is 15.0 Å². The van der Waals surface area contributed by atoms with E-state index in [4.69, 9.17) is 4.74 Å². The van der Waals surface area contributed by atoms with Gasteiger partial charge < -0.3 is 15.0 Å². The second-order valence-corrected chi connectivity index (χ2v) is 5.89. The number of nitrogens with one attached hydrogen (secondary N) is 1. The molecular formula is C18H20N4O3. The van der Waals surface area contributed by atoms with Gasteiger partial charge in [0, 0.05) is 12.7 Å². The molecule has 1 atom stereocenters. The first-order valence-corrected chi connectivity index (χ1v) is 8.06. The van der Waals surface area contributed by atoms with Crippen molar-refractivity contribution < 1.29 is 14.3 Å². The van der Waals surface area contributed by atoms with Gasteiger partial charge in [-0.25, -0.2) is 9.97 Å². The molecule has 25 heavy (non-hydrogen) atoms. The number of aryl methyl sites for hydroxylation is 2. The van der Waals surface area contributed by atoms with E-state index in [0.717, 1.165) is 0 Å². The van der Waals surface area contributed by atoms with Crippen molar-refractivity contribution >= 4 is 17.5 Å². The van der Waals surface area contributed by atoms with Gasteiger partial charge in [0.15, 0.2) is 0 Å². The third-order valence-electron chi connectivity index (χ3n) is 4.23. The van der Waals surface area contributed by atoms with Gasteiger partial charge in [0.2, 0.25) is 5.91 Å². The number of amides is 2. The Balaban J connectivity index is 1.75. The fraction of sp³-hybridized carbons (Fsp3) is 0.333. The van der Waals surface area contributed by atoms with Crippen LogP contribution in [0.4, 0.5) is 5.69 Å². The highest BCUT2D eigenvalue weighted by molar-refractivity contribution is 6.04. The molecule has 0 bridgehead atoms. The zero-order chi connectivity index (χ0) is 18.0. The lowest BCUT2D eigenvalue weighted by Crippen LogP contribution is -2.42. The molecule has 0 spiro atoms. The second kappa shape index (κ2) is 6.88. The first-order chi connectivity index (χ1) is 12.0. The molecule has 1 fully saturated rings. The summed E-state index contributed by atoms with van der Waals surface area (Å²) in [5.74, 6) is 0.750. The zero-order valence-corrected chi connectivity index (χ0v) is 14.4. The molecule has 1 saturated heterocycles. The molecule has 1 aliphatic rings. The highest BCUT2D eigenvalue weighted by atomic mass is 16.5. The molecule has 0 saturated carbocycles. The number of rotatable bonds is 4. The third-order valence-corrected chi connectivity index (χ3v) is 4.23. The van der Waals surface area contributed by atoms with Crippen LogP contribution >= 0.6 is 0 Å². The Bertz CT molecular complexity index is 822. The average molecular weight is 340 g/mol. The molecule has 1 N–H and O–H groups in total. The van der Waals surface area contributed by atoms with Gasteiger partial charge >= 0.3 is 0 Å². The summed E-state index contributed by atoms with van der Waals surface area (Å²) in [7, 11) is 1.57. The minimum absolute atomic E-state index is 0.150. The van der Waals surface area contributed by atoms with Crippen LogP contribution in [0.3, 0.4) is 0 Å². The van der Waals surface area contributed by atoms with E-state index in [1.54, 1.807) is 25.9 Å². The summed E-state index contributed by atoms with van der Waals surface area (Å²) in [5, 5.41) is 2.79. The fourth-order valence-electron chi connectivity index (χ4n) is 2.95. The van der Waals surface area contributed by atoms with Crippen LogP contribution in [0.1, 0.15) is 28.3 Å². The van der Waals surface area contributed by atoms with Gasteiger partial charge in [-0.05, 0) is 32.4 Å². The van der Waals surface area contributed by atoms with Crippen LogP contribution in [0.25, 0.3) is 0 Å². The Hall–Kier alpha value is -2.96. The van der Waals surface area contributed by atoms with Gasteiger partial charge in [0.05, 0.1) is 24.1 Å². The molecule has 7 nitrogen and oxygen atoms in total. The van der Waals surface area contributed by atoms with E-state index in [-0.39, 0.29) is 11.8 Å². The quantitative estimate of drug-likeness (QED) is 0.914. The Morgan fingerprint density at radius 2 is 2.08 bits per heavy atom. The maximum absolute atomic E-state index is 12.7. The highest BCUT2D eigenvalue weighted by Crippen LogP contribution is 2.31. The first-order valence-electron chi connectivity index (χ1n) is 8.06. The van der Waals surface area contributed by atoms with Crippen LogP contribution in [0, 0.1) is 13.8 Å². The summed E-state index contributed by atoms with van der Waals surface area (Å²) in [6.45, 7) is 4.04. The number of hydrogen-bond acceptors (Lipinski definition) is 5. The number of carbonyl (C=O) groups excluding carboxylic acids is 2. The normalized spacial score (nSPS) is 16.8. The summed E-state index contributed by atoms with van der Waals surface area (Å²) in [6.07, 6.45) is 2.03. The van der Waals surface area contributed by atoms with Gasteiger partial charge in [-0.15, -0.1) is 0 Å². The molecule has 3 rings (SSSR count). The highest BCUT2D eigenvalue weighted by Gasteiger charge is 2.35. The van der Waals surface area contributed by atoms with E-state index in [1.807, 2.05) is 24.3 Å². The van der Waals surface area contributed by atoms with Gasteiger partial charge in [0.1, 0.15) is 17.6 Å². The Labute approximate surface area is 146 Å². The lowest BCUT2D eigenvalue weighted by atomic mass is 10.2. The number of aromatic nitrogens is 2. The Morgan fingerprint density at radius 1 is 1.32 bits per heavy atom. The van der Waals surface area contributed by atoms with E-state index >= 15 is 0 Å². The second-order valence-electron chi connectivity index (χ2n) is 5.89. The van der Waals surface area contributed by atoms with Gasteiger partial charge in [-0.3, -0.25) is 9.59 Å². The van der Waals surface area contributed by atoms with Crippen LogP contribution in [-0.2, 0) is 4.79 Å². The summed E-state index contributed by atoms with van der Waals surface area (Å²) in [5.41, 5.74) is 1.69. The van der Waals surface area contributed by atoms with Crippen molar-refractivity contribution in [2.75, 3.05) is 18.6 Å². The number of hydrogen-bond donors (Lipinski definition) is 1. The summed E-state index contributed by atoms with van der Waals surface area (Å²) in [6, 6.07) is 6.77. The maximum Gasteiger partial charge on any atom is 0.255 e. The Morgan fingerprint density at radius 3 is 2.80 bits per heavy atom. The standard InChI is InChI=1S/C18H20N4O3/c1-11-13(10-19-12(2)20-11)17(23)21-14-8-9-22(18(14)24)15-6-4-5-7-16(15)25-3/h4-7,10,14H,8-9H2,1-3H3,(H,21,23). The van der Waals surface area contributed by atoms with E-state index in [1.165, 1.54) is 6.20 Å². The minimum Gasteiger partial charge on any atom is -0.495 e. The molecule has 2 amide bonds. The van der Waals surface area contributed by atoms with Crippen LogP contribution in [0.15, 0.2) is 30.5 Å². The monoisotopic (exact) mass is 340 g/mol. The van der Waals surface area contributed by atoms with Crippen molar-refractivity contribution in [2.45, 2.75) is 26.3 Å². The number of carbonyl (C=O) groups is 2. The molecule has 0 aliphatic carbocycles. The predicted molar refractivity (Wildman–Crippen MR) is 92.7 cm³/mol. The lowest BCUT2D eigenvalue weighted by molar-refractivity contribution is -0.118. The molecule has 0 radical (unpaired) electrons. The number of para-hydroxylation sites is 2. The molecule has 7 heteroatoms. The Kier molecular flexibility index (Phi) is 4.65. The largest absolute Gasteiger partial charge is 0.495 e. The van der Waals surface area contributed by atoms with E-state index in [9.17, 15) is 9.59 Å². The van der Waals surface area contributed by atoms with Crippen molar-refractivity contribution in [1.82, 2.24) is 15.3 Å². The lowest BCUT2D eigenvalue weighted by Gasteiger charge is -2.19. The van der Waals surface area contributed by atoms with Crippen molar-refractivity contribution in [3.05, 3.63) is 47.5 Å². The smallest absolute Gasteiger partial charge is 0.255 e. The number of benzene rings is 1. The zero-order valence-electron chi connectivity index (χ0n) is 14.4. The SMILES string of the molecule is COc1ccccc1N1CCC(NC(=O)c2cnc(C)nc2C)C1=O. The fourth-order valence-corrected chi connectivity index (χ4v) is 2.95. The van der Waals surface area contributed by atoms with Gasteiger partial charge in [-0.1, -0.05) is 12.1 Å². The van der Waals surface area contributed by atoms with Crippen molar-refractivity contribution in [2.24, 2.45) is 0 Å². The summed E-state index contributed by atoms with van der Waals surface area (Å²) >= 11 is 0. The van der Waals surface area contributed by atoms with Gasteiger partial charge in [0.25, 0.3) is 5.91 Å². The molecule has 1 aliphatic heterocycles. The van der Waals surface area contributed by atoms with Crippen molar-refractivity contribution in [1.29, 1.82) is 0 Å². The number of anilines is 1. The third kappa shape index (κ3) is 3.31. The molecule has 1 aromatic heterocycles. The minimum atomic E-state index is -0.571. The maximum atomic E-state index is 12.7. The average Bonchev–Trinajstić information content (AvgIpc) is 2.95.